The van der Waals surface area contributed by atoms with Gasteiger partial charge in [0.2, 0.25) is 0 Å². The third-order valence-corrected chi connectivity index (χ3v) is 4.59. The van der Waals surface area contributed by atoms with Crippen molar-refractivity contribution < 1.29 is 14.4 Å². The molecule has 110 valence electrons. The fourth-order valence-corrected chi connectivity index (χ4v) is 2.32. The van der Waals surface area contributed by atoms with Gasteiger partial charge in [0, 0.05) is 6.61 Å². The van der Waals surface area contributed by atoms with Crippen LogP contribution in [0.25, 0.3) is 0 Å². The van der Waals surface area contributed by atoms with Crippen molar-refractivity contribution in [1.82, 2.24) is 0 Å². The molecule has 1 aromatic carbocycles. The minimum Gasteiger partial charge on any atom is -0.399 e. The van der Waals surface area contributed by atoms with Crippen LogP contribution in [0.1, 0.15) is 52.5 Å². The van der Waals surface area contributed by atoms with Crippen molar-refractivity contribution in [3.05, 3.63) is 29.8 Å². The van der Waals surface area contributed by atoms with E-state index in [0.717, 1.165) is 11.9 Å². The molecule has 1 fully saturated rings. The Morgan fingerprint density at radius 1 is 1.05 bits per heavy atom. The van der Waals surface area contributed by atoms with E-state index >= 15 is 0 Å². The molecular weight excluding hydrogens is 251 g/mol. The second-order valence-corrected chi connectivity index (χ2v) is 6.67. The minimum atomic E-state index is -0.305. The molecule has 0 amide bonds. The van der Waals surface area contributed by atoms with Gasteiger partial charge in [-0.15, -0.1) is 0 Å². The smallest absolute Gasteiger partial charge is 0.399 e. The lowest BCUT2D eigenvalue weighted by atomic mass is 9.78. The molecule has 0 aromatic heterocycles. The highest BCUT2D eigenvalue weighted by Crippen LogP contribution is 2.36. The normalized spacial score (nSPS) is 22.0. The lowest BCUT2D eigenvalue weighted by molar-refractivity contribution is 0.00578. The molecule has 2 rings (SSSR count). The van der Waals surface area contributed by atoms with Crippen molar-refractivity contribution in [2.24, 2.45) is 0 Å². The van der Waals surface area contributed by atoms with E-state index in [1.807, 2.05) is 0 Å². The molecular formula is C16H25BO3. The summed E-state index contributed by atoms with van der Waals surface area (Å²) in [6.45, 7) is 10.6. The van der Waals surface area contributed by atoms with Crippen molar-refractivity contribution >= 4 is 12.6 Å². The standard InChI is InChI=1S/C16H25BO3/c1-12(10-11-18)13-6-8-14(9-7-13)17-19-15(2,3)16(4,5)20-17/h6-9,12,18H,10-11H2,1-5H3. The van der Waals surface area contributed by atoms with E-state index in [1.165, 1.54) is 5.56 Å². The number of aliphatic hydroxyl groups excluding tert-OH is 1. The van der Waals surface area contributed by atoms with Gasteiger partial charge in [0.1, 0.15) is 0 Å². The third kappa shape index (κ3) is 2.92. The zero-order chi connectivity index (χ0) is 15.0. The highest BCUT2D eigenvalue weighted by atomic mass is 16.7. The van der Waals surface area contributed by atoms with Crippen LogP contribution < -0.4 is 5.46 Å². The van der Waals surface area contributed by atoms with Crippen LogP contribution in [0.5, 0.6) is 0 Å². The summed E-state index contributed by atoms with van der Waals surface area (Å²) in [5.74, 6) is 0.368. The maximum Gasteiger partial charge on any atom is 0.494 e. The van der Waals surface area contributed by atoms with Gasteiger partial charge in [0.25, 0.3) is 0 Å². The van der Waals surface area contributed by atoms with Crippen molar-refractivity contribution in [2.75, 3.05) is 6.61 Å². The molecule has 0 aliphatic carbocycles. The van der Waals surface area contributed by atoms with Gasteiger partial charge in [0.15, 0.2) is 0 Å². The third-order valence-electron chi connectivity index (χ3n) is 4.59. The van der Waals surface area contributed by atoms with Gasteiger partial charge in [-0.2, -0.15) is 0 Å². The molecule has 1 N–H and O–H groups in total. The summed E-state index contributed by atoms with van der Waals surface area (Å²) < 4.78 is 12.1. The minimum absolute atomic E-state index is 0.222. The van der Waals surface area contributed by atoms with Crippen LogP contribution in [0.2, 0.25) is 0 Å². The molecule has 0 spiro atoms. The fourth-order valence-electron chi connectivity index (χ4n) is 2.32. The predicted octanol–water partition coefficient (Wildman–Crippen LogP) is 2.47. The molecule has 1 aliphatic heterocycles. The number of hydrogen-bond donors (Lipinski definition) is 1. The predicted molar refractivity (Wildman–Crippen MR) is 82.3 cm³/mol. The van der Waals surface area contributed by atoms with Gasteiger partial charge >= 0.3 is 7.12 Å². The van der Waals surface area contributed by atoms with E-state index in [4.69, 9.17) is 14.4 Å². The second kappa shape index (κ2) is 5.51. The quantitative estimate of drug-likeness (QED) is 0.859. The van der Waals surface area contributed by atoms with Crippen molar-refractivity contribution in [1.29, 1.82) is 0 Å². The van der Waals surface area contributed by atoms with Crippen molar-refractivity contribution in [2.45, 2.75) is 58.2 Å². The van der Waals surface area contributed by atoms with Gasteiger partial charge < -0.3 is 14.4 Å². The van der Waals surface area contributed by atoms with E-state index in [1.54, 1.807) is 0 Å². The Bertz CT molecular complexity index is 437. The summed E-state index contributed by atoms with van der Waals surface area (Å²) in [7, 11) is -0.304. The van der Waals surface area contributed by atoms with Gasteiger partial charge in [0.05, 0.1) is 11.2 Å². The summed E-state index contributed by atoms with van der Waals surface area (Å²) in [6.07, 6.45) is 0.788. The summed E-state index contributed by atoms with van der Waals surface area (Å²) in [4.78, 5) is 0. The Kier molecular flexibility index (Phi) is 4.28. The summed E-state index contributed by atoms with van der Waals surface area (Å²) in [6, 6.07) is 8.32. The molecule has 20 heavy (non-hydrogen) atoms. The van der Waals surface area contributed by atoms with E-state index in [-0.39, 0.29) is 24.9 Å². The Labute approximate surface area is 122 Å². The topological polar surface area (TPSA) is 38.7 Å². The Morgan fingerprint density at radius 2 is 1.55 bits per heavy atom. The first-order valence-corrected chi connectivity index (χ1v) is 7.33. The van der Waals surface area contributed by atoms with Crippen molar-refractivity contribution in [3.8, 4) is 0 Å². The molecule has 4 heteroatoms. The van der Waals surface area contributed by atoms with Crippen LogP contribution >= 0.6 is 0 Å². The molecule has 1 saturated heterocycles. The van der Waals surface area contributed by atoms with Crippen LogP contribution in [0.4, 0.5) is 0 Å². The van der Waals surface area contributed by atoms with E-state index in [0.29, 0.717) is 5.92 Å². The fraction of sp³-hybridized carbons (Fsp3) is 0.625. The van der Waals surface area contributed by atoms with Gasteiger partial charge in [-0.25, -0.2) is 0 Å². The van der Waals surface area contributed by atoms with Gasteiger partial charge in [-0.1, -0.05) is 31.2 Å². The van der Waals surface area contributed by atoms with Crippen LogP contribution in [-0.2, 0) is 9.31 Å². The van der Waals surface area contributed by atoms with E-state index in [9.17, 15) is 0 Å². The first kappa shape index (κ1) is 15.6. The average Bonchev–Trinajstić information content (AvgIpc) is 2.59. The number of rotatable bonds is 4. The molecule has 1 aliphatic rings. The SMILES string of the molecule is CC(CCO)c1ccc(B2OC(C)(C)C(C)(C)O2)cc1. The monoisotopic (exact) mass is 276 g/mol. The van der Waals surface area contributed by atoms with E-state index in [2.05, 4.69) is 58.9 Å². The molecule has 0 bridgehead atoms. The zero-order valence-electron chi connectivity index (χ0n) is 13.1. The molecule has 1 heterocycles. The molecule has 3 nitrogen and oxygen atoms in total. The molecule has 0 radical (unpaired) electrons. The Morgan fingerprint density at radius 3 is 2.00 bits per heavy atom. The maximum atomic E-state index is 9.00. The van der Waals surface area contributed by atoms with Crippen LogP contribution in [0.15, 0.2) is 24.3 Å². The summed E-state index contributed by atoms with van der Waals surface area (Å²) in [5.41, 5.74) is 1.67. The number of aliphatic hydroxyl groups is 1. The average molecular weight is 276 g/mol. The lowest BCUT2D eigenvalue weighted by Crippen LogP contribution is -2.41. The summed E-state index contributed by atoms with van der Waals surface area (Å²) in [5, 5.41) is 9.00. The first-order chi connectivity index (χ1) is 9.27. The van der Waals surface area contributed by atoms with Gasteiger partial charge in [-0.05, 0) is 51.1 Å². The Hall–Kier alpha value is -0.835. The highest BCUT2D eigenvalue weighted by molar-refractivity contribution is 6.62. The van der Waals surface area contributed by atoms with Crippen LogP contribution in [0.3, 0.4) is 0 Å². The highest BCUT2D eigenvalue weighted by Gasteiger charge is 2.51. The zero-order valence-corrected chi connectivity index (χ0v) is 13.1. The molecule has 1 atom stereocenters. The molecule has 0 saturated carbocycles. The molecule has 1 aromatic rings. The largest absolute Gasteiger partial charge is 0.494 e. The van der Waals surface area contributed by atoms with Crippen molar-refractivity contribution in [3.63, 3.8) is 0 Å². The maximum absolute atomic E-state index is 9.00. The van der Waals surface area contributed by atoms with Gasteiger partial charge in [-0.3, -0.25) is 0 Å². The number of hydrogen-bond acceptors (Lipinski definition) is 3. The van der Waals surface area contributed by atoms with Crippen LogP contribution in [-0.4, -0.2) is 30.0 Å². The summed E-state index contributed by atoms with van der Waals surface area (Å²) >= 11 is 0. The Balaban J connectivity index is 2.12. The number of benzene rings is 1. The lowest BCUT2D eigenvalue weighted by Gasteiger charge is -2.32. The first-order valence-electron chi connectivity index (χ1n) is 7.33. The van der Waals surface area contributed by atoms with E-state index < -0.39 is 0 Å². The second-order valence-electron chi connectivity index (χ2n) is 6.67. The molecule has 1 unspecified atom stereocenters. The van der Waals surface area contributed by atoms with Crippen LogP contribution in [0, 0.1) is 0 Å².